The first-order chi connectivity index (χ1) is 8.24. The highest BCUT2D eigenvalue weighted by Gasteiger charge is 2.17. The molecule has 0 rings (SSSR count). The normalized spacial score (nSPS) is 12.7. The summed E-state index contributed by atoms with van der Waals surface area (Å²) in [7, 11) is 0. The van der Waals surface area contributed by atoms with Crippen molar-refractivity contribution in [3.63, 3.8) is 0 Å². The van der Waals surface area contributed by atoms with Crippen LogP contribution in [0.4, 0.5) is 4.79 Å². The van der Waals surface area contributed by atoms with Gasteiger partial charge in [-0.05, 0) is 40.5 Å². The van der Waals surface area contributed by atoms with E-state index in [4.69, 9.17) is 15.2 Å². The molecule has 0 radical (unpaired) electrons. The molecule has 0 aliphatic rings. The lowest BCUT2D eigenvalue weighted by molar-refractivity contribution is -0.143. The minimum absolute atomic E-state index is 0.248. The fourth-order valence-electron chi connectivity index (χ4n) is 1.23. The van der Waals surface area contributed by atoms with Crippen LogP contribution in [-0.2, 0) is 14.3 Å². The fraction of sp³-hybridized carbons (Fsp3) is 0.833. The molecule has 0 aliphatic carbocycles. The molecule has 1 atom stereocenters. The summed E-state index contributed by atoms with van der Waals surface area (Å²) in [5.74, 6) is -0.248. The Morgan fingerprint density at radius 3 is 2.44 bits per heavy atom. The summed E-state index contributed by atoms with van der Waals surface area (Å²) in [4.78, 5) is 22.4. The molecule has 6 heteroatoms. The number of ether oxygens (including phenoxy) is 2. The molecular weight excluding hydrogens is 236 g/mol. The maximum Gasteiger partial charge on any atom is 0.408 e. The van der Waals surface area contributed by atoms with Gasteiger partial charge in [-0.25, -0.2) is 4.79 Å². The van der Waals surface area contributed by atoms with Crippen molar-refractivity contribution in [2.24, 2.45) is 5.73 Å². The molecular formula is C12H24N2O4. The van der Waals surface area contributed by atoms with Crippen molar-refractivity contribution in [3.05, 3.63) is 0 Å². The lowest BCUT2D eigenvalue weighted by Crippen LogP contribution is -2.44. The Bertz CT molecular complexity index is 274. The molecule has 6 nitrogen and oxygen atoms in total. The van der Waals surface area contributed by atoms with Crippen molar-refractivity contribution in [1.29, 1.82) is 0 Å². The van der Waals surface area contributed by atoms with Crippen LogP contribution < -0.4 is 11.1 Å². The molecule has 0 aromatic rings. The molecule has 18 heavy (non-hydrogen) atoms. The summed E-state index contributed by atoms with van der Waals surface area (Å²) in [5.41, 5.74) is 5.14. The third-order valence-electron chi connectivity index (χ3n) is 1.90. The quantitative estimate of drug-likeness (QED) is 0.558. The number of hydrogen-bond acceptors (Lipinski definition) is 5. The molecule has 0 saturated carbocycles. The first-order valence-corrected chi connectivity index (χ1v) is 6.15. The van der Waals surface area contributed by atoms with Gasteiger partial charge in [0.2, 0.25) is 0 Å². The molecule has 0 saturated heterocycles. The number of carbonyl (C=O) groups is 2. The molecule has 1 amide bonds. The van der Waals surface area contributed by atoms with Crippen LogP contribution in [0.3, 0.4) is 0 Å². The molecule has 3 N–H and O–H groups in total. The summed E-state index contributed by atoms with van der Waals surface area (Å²) >= 11 is 0. The van der Waals surface area contributed by atoms with E-state index in [9.17, 15) is 9.59 Å². The van der Waals surface area contributed by atoms with Crippen LogP contribution in [0.5, 0.6) is 0 Å². The van der Waals surface area contributed by atoms with Gasteiger partial charge in [-0.1, -0.05) is 0 Å². The van der Waals surface area contributed by atoms with E-state index in [1.807, 2.05) is 0 Å². The maximum absolute atomic E-state index is 11.4. The van der Waals surface area contributed by atoms with Crippen LogP contribution in [-0.4, -0.2) is 30.4 Å². The number of amides is 1. The second-order valence-electron chi connectivity index (χ2n) is 4.95. The van der Waals surface area contributed by atoms with Crippen LogP contribution in [0.15, 0.2) is 0 Å². The number of nitrogens with two attached hydrogens (primary N) is 1. The molecule has 0 fully saturated rings. The Morgan fingerprint density at radius 2 is 1.94 bits per heavy atom. The zero-order valence-corrected chi connectivity index (χ0v) is 11.6. The first-order valence-electron chi connectivity index (χ1n) is 6.15. The average molecular weight is 260 g/mol. The third kappa shape index (κ3) is 9.89. The predicted octanol–water partition coefficient (Wildman–Crippen LogP) is 1.53. The van der Waals surface area contributed by atoms with Crippen LogP contribution in [0.1, 0.15) is 47.0 Å². The van der Waals surface area contributed by atoms with Gasteiger partial charge in [0.05, 0.1) is 12.8 Å². The van der Waals surface area contributed by atoms with Gasteiger partial charge in [0.15, 0.2) is 0 Å². The van der Waals surface area contributed by atoms with E-state index >= 15 is 0 Å². The second kappa shape index (κ2) is 7.92. The largest absolute Gasteiger partial charge is 0.466 e. The fourth-order valence-corrected chi connectivity index (χ4v) is 1.23. The Hall–Kier alpha value is -1.30. The van der Waals surface area contributed by atoms with Gasteiger partial charge in [-0.15, -0.1) is 0 Å². The van der Waals surface area contributed by atoms with Gasteiger partial charge in [-0.3, -0.25) is 4.79 Å². The van der Waals surface area contributed by atoms with Crippen LogP contribution in [0.25, 0.3) is 0 Å². The van der Waals surface area contributed by atoms with Gasteiger partial charge in [0, 0.05) is 6.42 Å². The van der Waals surface area contributed by atoms with Gasteiger partial charge in [-0.2, -0.15) is 0 Å². The highest BCUT2D eigenvalue weighted by Crippen LogP contribution is 2.07. The Morgan fingerprint density at radius 1 is 1.33 bits per heavy atom. The highest BCUT2D eigenvalue weighted by molar-refractivity contribution is 5.69. The summed E-state index contributed by atoms with van der Waals surface area (Å²) in [6.45, 7) is 7.46. The van der Waals surface area contributed by atoms with Gasteiger partial charge in [0.1, 0.15) is 5.60 Å². The van der Waals surface area contributed by atoms with E-state index in [0.717, 1.165) is 0 Å². The number of rotatable bonds is 6. The molecule has 0 aliphatic heterocycles. The minimum atomic E-state index is -0.550. The molecule has 0 spiro atoms. The van der Waals surface area contributed by atoms with E-state index in [1.165, 1.54) is 0 Å². The van der Waals surface area contributed by atoms with E-state index in [2.05, 4.69) is 5.32 Å². The minimum Gasteiger partial charge on any atom is -0.466 e. The SMILES string of the molecule is CCOC(=O)CCCC(N)NC(=O)OC(C)(C)C. The van der Waals surface area contributed by atoms with Crippen LogP contribution >= 0.6 is 0 Å². The van der Waals surface area contributed by atoms with Gasteiger partial charge >= 0.3 is 12.1 Å². The van der Waals surface area contributed by atoms with Crippen molar-refractivity contribution in [1.82, 2.24) is 5.32 Å². The molecule has 0 aromatic heterocycles. The van der Waals surface area contributed by atoms with Crippen molar-refractivity contribution < 1.29 is 19.1 Å². The summed E-state index contributed by atoms with van der Waals surface area (Å²) in [5, 5.41) is 2.51. The molecule has 0 heterocycles. The van der Waals surface area contributed by atoms with Crippen LogP contribution in [0.2, 0.25) is 0 Å². The predicted molar refractivity (Wildman–Crippen MR) is 67.8 cm³/mol. The summed E-state index contributed by atoms with van der Waals surface area (Å²) in [6, 6.07) is 0. The van der Waals surface area contributed by atoms with E-state index < -0.39 is 17.9 Å². The number of hydrogen-bond donors (Lipinski definition) is 2. The number of nitrogens with one attached hydrogen (secondary N) is 1. The van der Waals surface area contributed by atoms with E-state index in [-0.39, 0.29) is 5.97 Å². The average Bonchev–Trinajstić information content (AvgIpc) is 2.14. The monoisotopic (exact) mass is 260 g/mol. The Balaban J connectivity index is 3.74. The smallest absolute Gasteiger partial charge is 0.408 e. The summed E-state index contributed by atoms with van der Waals surface area (Å²) in [6.07, 6.45) is 0.297. The topological polar surface area (TPSA) is 90.6 Å². The Labute approximate surface area is 108 Å². The number of carbonyl (C=O) groups excluding carboxylic acids is 2. The van der Waals surface area contributed by atoms with Crippen molar-refractivity contribution >= 4 is 12.1 Å². The summed E-state index contributed by atoms with van der Waals surface area (Å²) < 4.78 is 9.83. The van der Waals surface area contributed by atoms with Gasteiger partial charge < -0.3 is 20.5 Å². The lowest BCUT2D eigenvalue weighted by Gasteiger charge is -2.21. The zero-order valence-electron chi connectivity index (χ0n) is 11.6. The van der Waals surface area contributed by atoms with E-state index in [1.54, 1.807) is 27.7 Å². The molecule has 0 aromatic carbocycles. The third-order valence-corrected chi connectivity index (χ3v) is 1.90. The highest BCUT2D eigenvalue weighted by atomic mass is 16.6. The molecule has 0 bridgehead atoms. The maximum atomic E-state index is 11.4. The van der Waals surface area contributed by atoms with Crippen molar-refractivity contribution in [3.8, 4) is 0 Å². The number of alkyl carbamates (subject to hydrolysis) is 1. The Kier molecular flexibility index (Phi) is 7.35. The first kappa shape index (κ1) is 16.7. The standard InChI is InChI=1S/C12H24N2O4/c1-5-17-10(15)8-6-7-9(13)14-11(16)18-12(2,3)4/h9H,5-8,13H2,1-4H3,(H,14,16). The molecule has 106 valence electrons. The van der Waals surface area contributed by atoms with Crippen molar-refractivity contribution in [2.75, 3.05) is 6.61 Å². The lowest BCUT2D eigenvalue weighted by atomic mass is 10.2. The second-order valence-corrected chi connectivity index (χ2v) is 4.95. The van der Waals surface area contributed by atoms with Crippen molar-refractivity contribution in [2.45, 2.75) is 58.7 Å². The molecule has 1 unspecified atom stereocenters. The van der Waals surface area contributed by atoms with E-state index in [0.29, 0.717) is 25.9 Å². The van der Waals surface area contributed by atoms with Gasteiger partial charge in [0.25, 0.3) is 0 Å². The van der Waals surface area contributed by atoms with Crippen LogP contribution in [0, 0.1) is 0 Å². The number of esters is 1. The zero-order chi connectivity index (χ0) is 14.2.